The van der Waals surface area contributed by atoms with Gasteiger partial charge in [-0.05, 0) is 0 Å². The number of carbonyl (C=O) groups is 1. The molecule has 2 atom stereocenters. The lowest BCUT2D eigenvalue weighted by Gasteiger charge is -2.04. The van der Waals surface area contributed by atoms with Crippen molar-refractivity contribution in [1.82, 2.24) is 0 Å². The molecule has 5 heteroatoms. The summed E-state index contributed by atoms with van der Waals surface area (Å²) in [5.41, 5.74) is 3.27. The summed E-state index contributed by atoms with van der Waals surface area (Å²) >= 11 is 4.87. The van der Waals surface area contributed by atoms with Crippen molar-refractivity contribution >= 4 is 17.6 Å². The number of hydrogen-bond donors (Lipinski definition) is 3. The number of nitrogens with two attached hydrogens (primary N) is 1. The van der Waals surface area contributed by atoms with Crippen LogP contribution in [0.3, 0.4) is 0 Å². The van der Waals surface area contributed by atoms with E-state index in [1.807, 2.05) is 0 Å². The molecule has 0 radical (unpaired) electrons. The van der Waals surface area contributed by atoms with Gasteiger partial charge in [-0.1, -0.05) is 11.6 Å². The summed E-state index contributed by atoms with van der Waals surface area (Å²) in [6.45, 7) is 0. The fourth-order valence-electron chi connectivity index (χ4n) is 0.118. The average molecular weight is 140 g/mol. The second kappa shape index (κ2) is 2.86. The fraction of sp³-hybridized carbons (Fsp3) is 0.667. The number of carboxylic acid groups (broad SMARTS) is 1. The quantitative estimate of drug-likeness (QED) is 0.427. The number of alkyl halides is 1. The van der Waals surface area contributed by atoms with Crippen LogP contribution in [0.1, 0.15) is 0 Å². The predicted octanol–water partition coefficient (Wildman–Crippen LogP) is -1.04. The molecular formula is C3H6ClNO3. The minimum atomic E-state index is -1.51. The van der Waals surface area contributed by atoms with Gasteiger partial charge in [0.1, 0.15) is 6.04 Å². The maximum Gasteiger partial charge on any atom is 0.324 e. The van der Waals surface area contributed by atoms with Crippen LogP contribution >= 0.6 is 11.6 Å². The van der Waals surface area contributed by atoms with Crippen LogP contribution in [-0.2, 0) is 4.79 Å². The lowest BCUT2D eigenvalue weighted by Crippen LogP contribution is -2.38. The van der Waals surface area contributed by atoms with Crippen LogP contribution in [0.2, 0.25) is 0 Å². The van der Waals surface area contributed by atoms with E-state index < -0.39 is 17.6 Å². The van der Waals surface area contributed by atoms with Gasteiger partial charge in [-0.15, -0.1) is 0 Å². The first kappa shape index (κ1) is 7.68. The summed E-state index contributed by atoms with van der Waals surface area (Å²) in [5.74, 6) is -1.31. The standard InChI is InChI=1S/C3H6ClNO3/c4-2(6)1(5)3(7)8/h1-2,6H,5H2,(H,7,8). The number of rotatable bonds is 2. The van der Waals surface area contributed by atoms with Crippen molar-refractivity contribution in [3.8, 4) is 0 Å². The van der Waals surface area contributed by atoms with Gasteiger partial charge < -0.3 is 15.9 Å². The maximum atomic E-state index is 9.77. The Morgan fingerprint density at radius 1 is 1.75 bits per heavy atom. The Morgan fingerprint density at radius 2 is 2.12 bits per heavy atom. The molecule has 0 heterocycles. The Hall–Kier alpha value is -0.320. The number of carboxylic acids is 1. The molecule has 4 nitrogen and oxygen atoms in total. The highest BCUT2D eigenvalue weighted by atomic mass is 35.5. The monoisotopic (exact) mass is 139 g/mol. The van der Waals surface area contributed by atoms with Gasteiger partial charge >= 0.3 is 5.97 Å². The van der Waals surface area contributed by atoms with Crippen LogP contribution in [0, 0.1) is 0 Å². The summed E-state index contributed by atoms with van der Waals surface area (Å²) in [5, 5.41) is 16.2. The van der Waals surface area contributed by atoms with E-state index in [1.54, 1.807) is 0 Å². The molecule has 0 aromatic rings. The number of aliphatic carboxylic acids is 1. The van der Waals surface area contributed by atoms with E-state index in [1.165, 1.54) is 0 Å². The number of halogens is 1. The van der Waals surface area contributed by atoms with E-state index in [2.05, 4.69) is 0 Å². The van der Waals surface area contributed by atoms with E-state index in [0.717, 1.165) is 0 Å². The van der Waals surface area contributed by atoms with Crippen molar-refractivity contribution < 1.29 is 15.0 Å². The van der Waals surface area contributed by atoms with Crippen molar-refractivity contribution in [3.63, 3.8) is 0 Å². The summed E-state index contributed by atoms with van der Waals surface area (Å²) in [4.78, 5) is 9.77. The largest absolute Gasteiger partial charge is 0.480 e. The first-order valence-electron chi connectivity index (χ1n) is 1.86. The Kier molecular flexibility index (Phi) is 2.75. The number of aliphatic hydroxyl groups excluding tert-OH is 1. The third-order valence-electron chi connectivity index (χ3n) is 0.581. The highest BCUT2D eigenvalue weighted by Gasteiger charge is 2.18. The van der Waals surface area contributed by atoms with Crippen LogP contribution in [-0.4, -0.2) is 27.8 Å². The third-order valence-corrected chi connectivity index (χ3v) is 0.853. The number of hydrogen-bond acceptors (Lipinski definition) is 3. The molecule has 0 aromatic heterocycles. The Bertz CT molecular complexity index is 94.5. The zero-order valence-electron chi connectivity index (χ0n) is 3.91. The fourth-order valence-corrected chi connectivity index (χ4v) is 0.225. The van der Waals surface area contributed by atoms with Crippen LogP contribution in [0.25, 0.3) is 0 Å². The smallest absolute Gasteiger partial charge is 0.324 e. The van der Waals surface area contributed by atoms with Crippen LogP contribution in [0.15, 0.2) is 0 Å². The lowest BCUT2D eigenvalue weighted by molar-refractivity contribution is -0.139. The summed E-state index contributed by atoms with van der Waals surface area (Å²) in [7, 11) is 0. The van der Waals surface area contributed by atoms with E-state index >= 15 is 0 Å². The molecule has 0 aromatic carbocycles. The van der Waals surface area contributed by atoms with Crippen LogP contribution in [0.4, 0.5) is 0 Å². The summed E-state index contributed by atoms with van der Waals surface area (Å²) < 4.78 is 0. The normalized spacial score (nSPS) is 17.4. The molecule has 0 fully saturated rings. The van der Waals surface area contributed by atoms with Crippen molar-refractivity contribution in [2.45, 2.75) is 11.6 Å². The van der Waals surface area contributed by atoms with E-state index in [-0.39, 0.29) is 0 Å². The Morgan fingerprint density at radius 3 is 2.12 bits per heavy atom. The lowest BCUT2D eigenvalue weighted by atomic mass is 10.3. The van der Waals surface area contributed by atoms with Crippen LogP contribution in [0.5, 0.6) is 0 Å². The van der Waals surface area contributed by atoms with E-state index in [9.17, 15) is 4.79 Å². The molecule has 0 bridgehead atoms. The second-order valence-electron chi connectivity index (χ2n) is 1.24. The van der Waals surface area contributed by atoms with Gasteiger partial charge in [0.2, 0.25) is 0 Å². The van der Waals surface area contributed by atoms with Crippen molar-refractivity contribution in [2.24, 2.45) is 5.73 Å². The third kappa shape index (κ3) is 2.11. The van der Waals surface area contributed by atoms with Gasteiger partial charge in [-0.25, -0.2) is 0 Å². The van der Waals surface area contributed by atoms with E-state index in [0.29, 0.717) is 0 Å². The molecular weight excluding hydrogens is 133 g/mol. The molecule has 48 valence electrons. The highest BCUT2D eigenvalue weighted by molar-refractivity contribution is 6.21. The molecule has 4 N–H and O–H groups in total. The Balaban J connectivity index is 3.64. The molecule has 0 aliphatic heterocycles. The van der Waals surface area contributed by atoms with Gasteiger partial charge in [-0.2, -0.15) is 0 Å². The van der Waals surface area contributed by atoms with E-state index in [4.69, 9.17) is 27.5 Å². The average Bonchev–Trinajstić information content (AvgIpc) is 1.64. The maximum absolute atomic E-state index is 9.77. The topological polar surface area (TPSA) is 83.6 Å². The Labute approximate surface area is 50.9 Å². The minimum Gasteiger partial charge on any atom is -0.480 e. The summed E-state index contributed by atoms with van der Waals surface area (Å²) in [6, 6.07) is -1.39. The zero-order valence-corrected chi connectivity index (χ0v) is 4.67. The molecule has 0 aliphatic carbocycles. The zero-order chi connectivity index (χ0) is 6.73. The second-order valence-corrected chi connectivity index (χ2v) is 1.68. The predicted molar refractivity (Wildman–Crippen MR) is 27.5 cm³/mol. The molecule has 0 saturated heterocycles. The van der Waals surface area contributed by atoms with Gasteiger partial charge in [0, 0.05) is 0 Å². The molecule has 2 unspecified atom stereocenters. The van der Waals surface area contributed by atoms with Gasteiger partial charge in [-0.3, -0.25) is 4.79 Å². The van der Waals surface area contributed by atoms with Gasteiger partial charge in [0.25, 0.3) is 0 Å². The highest BCUT2D eigenvalue weighted by Crippen LogP contribution is 1.93. The van der Waals surface area contributed by atoms with Crippen molar-refractivity contribution in [2.75, 3.05) is 0 Å². The molecule has 0 amide bonds. The molecule has 0 saturated carbocycles. The van der Waals surface area contributed by atoms with Gasteiger partial charge in [0.05, 0.1) is 0 Å². The molecule has 0 spiro atoms. The van der Waals surface area contributed by atoms with Crippen LogP contribution < -0.4 is 5.73 Å². The first-order chi connectivity index (χ1) is 3.55. The molecule has 0 aliphatic rings. The minimum absolute atomic E-state index is 1.31. The first-order valence-corrected chi connectivity index (χ1v) is 2.30. The van der Waals surface area contributed by atoms with Crippen molar-refractivity contribution in [3.05, 3.63) is 0 Å². The summed E-state index contributed by atoms with van der Waals surface area (Å²) in [6.07, 6.45) is 0. The van der Waals surface area contributed by atoms with Gasteiger partial charge in [0.15, 0.2) is 5.56 Å². The SMILES string of the molecule is NC(C(=O)O)C(O)Cl. The number of aliphatic hydroxyl groups is 1. The molecule has 8 heavy (non-hydrogen) atoms. The van der Waals surface area contributed by atoms with Crippen molar-refractivity contribution in [1.29, 1.82) is 0 Å². The molecule has 0 rings (SSSR count).